The number of aromatic nitrogens is 2. The Morgan fingerprint density at radius 3 is 2.43 bits per heavy atom. The van der Waals surface area contributed by atoms with Crippen LogP contribution < -0.4 is 0 Å². The number of morpholine rings is 1. The Hall–Kier alpha value is -1.83. The van der Waals surface area contributed by atoms with Crippen LogP contribution in [0, 0.1) is 0 Å². The lowest BCUT2D eigenvalue weighted by Crippen LogP contribution is -2.40. The fourth-order valence-corrected chi connectivity index (χ4v) is 4.19. The first-order valence-corrected chi connectivity index (χ1v) is 8.16. The summed E-state index contributed by atoms with van der Waals surface area (Å²) in [6, 6.07) is 9.31. The van der Waals surface area contributed by atoms with Gasteiger partial charge in [-0.05, 0) is 12.1 Å². The Bertz CT molecular complexity index is 693. The fourth-order valence-electron chi connectivity index (χ4n) is 2.13. The van der Waals surface area contributed by atoms with Gasteiger partial charge in [-0.1, -0.05) is 18.2 Å². The summed E-state index contributed by atoms with van der Waals surface area (Å²) in [4.78, 5) is 8.56. The molecule has 0 bridgehead atoms. The molecule has 0 aliphatic carbocycles. The quantitative estimate of drug-likeness (QED) is 0.868. The largest absolute Gasteiger partial charge is 0.379 e. The minimum Gasteiger partial charge on any atom is -0.379 e. The van der Waals surface area contributed by atoms with Crippen molar-refractivity contribution in [3.05, 3.63) is 49.1 Å². The van der Waals surface area contributed by atoms with Gasteiger partial charge < -0.3 is 4.74 Å². The van der Waals surface area contributed by atoms with Crippen LogP contribution in [0.1, 0.15) is 0 Å². The normalized spacial score (nSPS) is 18.9. The van der Waals surface area contributed by atoms with Crippen molar-refractivity contribution in [3.63, 3.8) is 0 Å². The number of hydrogen-bond donors (Lipinski definition) is 0. The zero-order chi connectivity index (χ0) is 14.5. The molecule has 0 amide bonds. The predicted molar refractivity (Wildman–Crippen MR) is 79.4 cm³/mol. The van der Waals surface area contributed by atoms with Gasteiger partial charge in [0.1, 0.15) is 21.9 Å². The third kappa shape index (κ3) is 3.10. The first kappa shape index (κ1) is 14.1. The molecule has 2 heterocycles. The van der Waals surface area contributed by atoms with Crippen LogP contribution in [0.5, 0.6) is 0 Å². The zero-order valence-corrected chi connectivity index (χ0v) is 12.3. The Morgan fingerprint density at radius 1 is 1.10 bits per heavy atom. The van der Waals surface area contributed by atoms with Crippen LogP contribution in [0.4, 0.5) is 5.69 Å². The highest BCUT2D eigenvalue weighted by Gasteiger charge is 2.24. The molecule has 1 aliphatic rings. The van der Waals surface area contributed by atoms with E-state index in [-0.39, 0.29) is 0 Å². The minimum absolute atomic E-state index is 0.512. The van der Waals surface area contributed by atoms with Crippen LogP contribution >= 0.6 is 0 Å². The number of benzene rings is 1. The third-order valence-corrected chi connectivity index (χ3v) is 5.56. The summed E-state index contributed by atoms with van der Waals surface area (Å²) in [7, 11) is -2.72. The number of rotatable bonds is 3. The molecule has 1 atom stereocenters. The molecule has 1 aliphatic heterocycles. The van der Waals surface area contributed by atoms with Gasteiger partial charge in [-0.2, -0.15) is 4.36 Å². The van der Waals surface area contributed by atoms with Crippen molar-refractivity contribution < 1.29 is 8.95 Å². The van der Waals surface area contributed by atoms with Gasteiger partial charge in [0.2, 0.25) is 0 Å². The topological polar surface area (TPSA) is 67.7 Å². The molecule has 1 aromatic carbocycles. The van der Waals surface area contributed by atoms with E-state index in [1.807, 2.05) is 34.6 Å². The summed E-state index contributed by atoms with van der Waals surface area (Å²) in [6.45, 7) is 2.30. The standard InChI is InChI=1S/C14H16N4O2S/c19-21(14-4-2-1-3-5-14,18-6-8-20-9-7-18)17-13-10-15-12-16-11-13/h1-5,10-12H,6-9H2. The van der Waals surface area contributed by atoms with Gasteiger partial charge in [-0.3, -0.25) is 0 Å². The Labute approximate surface area is 124 Å². The highest BCUT2D eigenvalue weighted by atomic mass is 32.2. The molecule has 0 N–H and O–H groups in total. The van der Waals surface area contributed by atoms with E-state index >= 15 is 0 Å². The number of ether oxygens (including phenoxy) is 1. The number of hydrogen-bond acceptors (Lipinski definition) is 5. The molecule has 1 fully saturated rings. The zero-order valence-electron chi connectivity index (χ0n) is 11.5. The van der Waals surface area contributed by atoms with Gasteiger partial charge >= 0.3 is 0 Å². The summed E-state index contributed by atoms with van der Waals surface area (Å²) in [5.74, 6) is 0. The van der Waals surface area contributed by atoms with Gasteiger partial charge in [0.25, 0.3) is 0 Å². The lowest BCUT2D eigenvalue weighted by Gasteiger charge is -2.29. The summed E-state index contributed by atoms with van der Waals surface area (Å²) >= 11 is 0. The molecule has 110 valence electrons. The van der Waals surface area contributed by atoms with Crippen molar-refractivity contribution in [2.45, 2.75) is 4.90 Å². The smallest absolute Gasteiger partial charge is 0.144 e. The van der Waals surface area contributed by atoms with Crippen LogP contribution in [-0.2, 0) is 14.7 Å². The highest BCUT2D eigenvalue weighted by Crippen LogP contribution is 2.23. The average molecular weight is 304 g/mol. The SMILES string of the molecule is O=S(=Nc1cncnc1)(c1ccccc1)N1CCOCC1. The van der Waals surface area contributed by atoms with E-state index < -0.39 is 9.92 Å². The van der Waals surface area contributed by atoms with Crippen molar-refractivity contribution >= 4 is 15.6 Å². The molecule has 21 heavy (non-hydrogen) atoms. The molecule has 0 spiro atoms. The minimum atomic E-state index is -2.72. The molecule has 7 heteroatoms. The second-order valence-electron chi connectivity index (χ2n) is 4.54. The molecule has 3 rings (SSSR count). The van der Waals surface area contributed by atoms with Crippen molar-refractivity contribution in [1.82, 2.24) is 14.3 Å². The predicted octanol–water partition coefficient (Wildman–Crippen LogP) is 1.88. The maximum absolute atomic E-state index is 13.6. The maximum Gasteiger partial charge on any atom is 0.144 e. The number of nitrogens with zero attached hydrogens (tertiary/aromatic N) is 4. The van der Waals surface area contributed by atoms with Gasteiger partial charge in [0, 0.05) is 13.1 Å². The molecule has 0 saturated carbocycles. The van der Waals surface area contributed by atoms with Crippen LogP contribution in [-0.4, -0.2) is 44.8 Å². The maximum atomic E-state index is 13.6. The molecular weight excluding hydrogens is 288 g/mol. The van der Waals surface area contributed by atoms with E-state index in [2.05, 4.69) is 14.3 Å². The second kappa shape index (κ2) is 6.30. The van der Waals surface area contributed by atoms with Gasteiger partial charge in [0.05, 0.1) is 30.5 Å². The molecule has 1 unspecified atom stereocenters. The monoisotopic (exact) mass is 304 g/mol. The van der Waals surface area contributed by atoms with Crippen molar-refractivity contribution in [2.24, 2.45) is 4.36 Å². The van der Waals surface area contributed by atoms with E-state index in [9.17, 15) is 4.21 Å². The molecule has 0 radical (unpaired) electrons. The van der Waals surface area contributed by atoms with E-state index in [0.717, 1.165) is 0 Å². The first-order chi connectivity index (χ1) is 10.3. The molecule has 2 aromatic rings. The van der Waals surface area contributed by atoms with Crippen LogP contribution in [0.3, 0.4) is 0 Å². The molecular formula is C14H16N4O2S. The van der Waals surface area contributed by atoms with Crippen LogP contribution in [0.2, 0.25) is 0 Å². The van der Waals surface area contributed by atoms with Gasteiger partial charge in [-0.15, -0.1) is 0 Å². The summed E-state index contributed by atoms with van der Waals surface area (Å²) in [5.41, 5.74) is 0.512. The average Bonchev–Trinajstić information content (AvgIpc) is 2.57. The molecule has 1 aromatic heterocycles. The van der Waals surface area contributed by atoms with Crippen LogP contribution in [0.15, 0.2) is 58.3 Å². The van der Waals surface area contributed by atoms with Gasteiger partial charge in [-0.25, -0.2) is 18.5 Å². The summed E-state index contributed by atoms with van der Waals surface area (Å²) in [6.07, 6.45) is 4.56. The third-order valence-electron chi connectivity index (χ3n) is 3.15. The van der Waals surface area contributed by atoms with E-state index in [1.165, 1.54) is 6.33 Å². The Morgan fingerprint density at radius 2 is 1.76 bits per heavy atom. The Balaban J connectivity index is 2.11. The summed E-state index contributed by atoms with van der Waals surface area (Å²) < 4.78 is 25.2. The Kier molecular flexibility index (Phi) is 4.23. The summed E-state index contributed by atoms with van der Waals surface area (Å²) in [5, 5.41) is 0. The molecule has 6 nitrogen and oxygen atoms in total. The van der Waals surface area contributed by atoms with E-state index in [4.69, 9.17) is 4.74 Å². The highest BCUT2D eigenvalue weighted by molar-refractivity contribution is 7.91. The fraction of sp³-hybridized carbons (Fsp3) is 0.286. The van der Waals surface area contributed by atoms with E-state index in [1.54, 1.807) is 12.4 Å². The van der Waals surface area contributed by atoms with Gasteiger partial charge in [0.15, 0.2) is 0 Å². The lowest BCUT2D eigenvalue weighted by molar-refractivity contribution is 0.0745. The first-order valence-electron chi connectivity index (χ1n) is 6.69. The van der Waals surface area contributed by atoms with Crippen LogP contribution in [0.25, 0.3) is 0 Å². The van der Waals surface area contributed by atoms with E-state index in [0.29, 0.717) is 36.9 Å². The van der Waals surface area contributed by atoms with Crippen molar-refractivity contribution in [3.8, 4) is 0 Å². The molecule has 1 saturated heterocycles. The van der Waals surface area contributed by atoms with Crippen molar-refractivity contribution in [2.75, 3.05) is 26.3 Å². The second-order valence-corrected chi connectivity index (χ2v) is 6.70. The van der Waals surface area contributed by atoms with Crippen molar-refractivity contribution in [1.29, 1.82) is 0 Å². The lowest BCUT2D eigenvalue weighted by atomic mass is 10.4.